The van der Waals surface area contributed by atoms with E-state index >= 15 is 0 Å². The van der Waals surface area contributed by atoms with Crippen molar-refractivity contribution >= 4 is 0 Å². The molecule has 0 N–H and O–H groups in total. The molecular formula is C19H22FNO. The zero-order valence-electron chi connectivity index (χ0n) is 13.0. The average Bonchev–Trinajstić information content (AvgIpc) is 2.53. The lowest BCUT2D eigenvalue weighted by Crippen LogP contribution is -2.42. The molecule has 3 rings (SSSR count). The van der Waals surface area contributed by atoms with Gasteiger partial charge in [0.1, 0.15) is 5.82 Å². The number of benzene rings is 2. The Labute approximate surface area is 131 Å². The molecule has 0 saturated carbocycles. The van der Waals surface area contributed by atoms with Crippen LogP contribution in [0.3, 0.4) is 0 Å². The Bertz CT molecular complexity index is 614. The summed E-state index contributed by atoms with van der Waals surface area (Å²) in [6.07, 6.45) is 0.701. The van der Waals surface area contributed by atoms with Gasteiger partial charge in [0.2, 0.25) is 0 Å². The van der Waals surface area contributed by atoms with Crippen LogP contribution in [0.15, 0.2) is 48.5 Å². The molecule has 2 nitrogen and oxygen atoms in total. The predicted octanol–water partition coefficient (Wildman–Crippen LogP) is 3.58. The average molecular weight is 299 g/mol. The summed E-state index contributed by atoms with van der Waals surface area (Å²) in [5.74, 6) is -0.0914. The summed E-state index contributed by atoms with van der Waals surface area (Å²) in [5, 5.41) is 0. The van der Waals surface area contributed by atoms with Gasteiger partial charge >= 0.3 is 0 Å². The summed E-state index contributed by atoms with van der Waals surface area (Å²) >= 11 is 0. The number of hydrogen-bond acceptors (Lipinski definition) is 2. The second-order valence-electron chi connectivity index (χ2n) is 5.97. The summed E-state index contributed by atoms with van der Waals surface area (Å²) in [6, 6.07) is 16.0. The van der Waals surface area contributed by atoms with Gasteiger partial charge < -0.3 is 4.74 Å². The maximum absolute atomic E-state index is 14.1. The third-order valence-corrected chi connectivity index (χ3v) is 4.19. The van der Waals surface area contributed by atoms with Crippen LogP contribution in [-0.2, 0) is 17.7 Å². The summed E-state index contributed by atoms with van der Waals surface area (Å²) in [6.45, 7) is 5.23. The van der Waals surface area contributed by atoms with E-state index in [1.807, 2.05) is 31.2 Å². The van der Waals surface area contributed by atoms with Crippen LogP contribution in [-0.4, -0.2) is 30.7 Å². The SMILES string of the molecule is Cc1cccc(CC2CN(Cc3ccccc3)CCO2)c1F. The molecule has 1 unspecified atom stereocenters. The highest BCUT2D eigenvalue weighted by molar-refractivity contribution is 5.25. The van der Waals surface area contributed by atoms with Crippen molar-refractivity contribution in [2.24, 2.45) is 0 Å². The molecule has 22 heavy (non-hydrogen) atoms. The quantitative estimate of drug-likeness (QED) is 0.855. The Morgan fingerprint density at radius 1 is 1.14 bits per heavy atom. The van der Waals surface area contributed by atoms with Gasteiger partial charge in [0.25, 0.3) is 0 Å². The molecule has 2 aromatic rings. The van der Waals surface area contributed by atoms with Gasteiger partial charge in [-0.15, -0.1) is 0 Å². The fourth-order valence-corrected chi connectivity index (χ4v) is 3.00. The number of ether oxygens (including phenoxy) is 1. The molecule has 1 saturated heterocycles. The van der Waals surface area contributed by atoms with Crippen LogP contribution in [0.1, 0.15) is 16.7 Å². The lowest BCUT2D eigenvalue weighted by molar-refractivity contribution is -0.0308. The first-order valence-corrected chi connectivity index (χ1v) is 7.84. The molecular weight excluding hydrogens is 277 g/mol. The van der Waals surface area contributed by atoms with Crippen LogP contribution < -0.4 is 0 Å². The largest absolute Gasteiger partial charge is 0.375 e. The molecule has 0 amide bonds. The van der Waals surface area contributed by atoms with Crippen molar-refractivity contribution in [3.05, 3.63) is 71.0 Å². The molecule has 1 aliphatic rings. The molecule has 0 aliphatic carbocycles. The second kappa shape index (κ2) is 7.03. The number of hydrogen-bond donors (Lipinski definition) is 0. The van der Waals surface area contributed by atoms with E-state index in [1.54, 1.807) is 0 Å². The van der Waals surface area contributed by atoms with Crippen LogP contribution in [0, 0.1) is 12.7 Å². The van der Waals surface area contributed by atoms with Crippen LogP contribution in [0.25, 0.3) is 0 Å². The number of nitrogens with zero attached hydrogens (tertiary/aromatic N) is 1. The van der Waals surface area contributed by atoms with E-state index < -0.39 is 0 Å². The summed E-state index contributed by atoms with van der Waals surface area (Å²) in [5.41, 5.74) is 2.77. The molecule has 1 heterocycles. The molecule has 1 fully saturated rings. The molecule has 2 aromatic carbocycles. The van der Waals surface area contributed by atoms with E-state index in [1.165, 1.54) is 5.56 Å². The zero-order valence-corrected chi connectivity index (χ0v) is 13.0. The van der Waals surface area contributed by atoms with Crippen molar-refractivity contribution in [2.75, 3.05) is 19.7 Å². The minimum absolute atomic E-state index is 0.0637. The minimum atomic E-state index is -0.0914. The van der Waals surface area contributed by atoms with Gasteiger partial charge in [-0.1, -0.05) is 48.5 Å². The highest BCUT2D eigenvalue weighted by Crippen LogP contribution is 2.18. The third-order valence-electron chi connectivity index (χ3n) is 4.19. The van der Waals surface area contributed by atoms with Crippen LogP contribution in [0.5, 0.6) is 0 Å². The van der Waals surface area contributed by atoms with Crippen molar-refractivity contribution in [2.45, 2.75) is 26.0 Å². The Balaban J connectivity index is 1.62. The zero-order chi connectivity index (χ0) is 15.4. The topological polar surface area (TPSA) is 12.5 Å². The van der Waals surface area contributed by atoms with E-state index in [2.05, 4.69) is 29.2 Å². The molecule has 0 aromatic heterocycles. The first kappa shape index (κ1) is 15.2. The van der Waals surface area contributed by atoms with Crippen LogP contribution >= 0.6 is 0 Å². The van der Waals surface area contributed by atoms with Gasteiger partial charge in [-0.3, -0.25) is 4.90 Å². The van der Waals surface area contributed by atoms with Crippen molar-refractivity contribution in [3.8, 4) is 0 Å². The first-order chi connectivity index (χ1) is 10.7. The normalized spacial score (nSPS) is 19.3. The van der Waals surface area contributed by atoms with Gasteiger partial charge in [-0.2, -0.15) is 0 Å². The minimum Gasteiger partial charge on any atom is -0.375 e. The second-order valence-corrected chi connectivity index (χ2v) is 5.97. The molecule has 0 radical (unpaired) electrons. The molecule has 1 aliphatic heterocycles. The van der Waals surface area contributed by atoms with Crippen LogP contribution in [0.2, 0.25) is 0 Å². The first-order valence-electron chi connectivity index (χ1n) is 7.84. The Morgan fingerprint density at radius 2 is 1.95 bits per heavy atom. The van der Waals surface area contributed by atoms with Gasteiger partial charge in [0, 0.05) is 26.1 Å². The van der Waals surface area contributed by atoms with Crippen LogP contribution in [0.4, 0.5) is 4.39 Å². The fraction of sp³-hybridized carbons (Fsp3) is 0.368. The molecule has 116 valence electrons. The number of morpholine rings is 1. The monoisotopic (exact) mass is 299 g/mol. The van der Waals surface area contributed by atoms with E-state index in [0.29, 0.717) is 18.6 Å². The van der Waals surface area contributed by atoms with Crippen molar-refractivity contribution in [1.29, 1.82) is 0 Å². The van der Waals surface area contributed by atoms with E-state index in [0.717, 1.165) is 25.2 Å². The van der Waals surface area contributed by atoms with Gasteiger partial charge in [-0.25, -0.2) is 4.39 Å². The number of aryl methyl sites for hydroxylation is 1. The summed E-state index contributed by atoms with van der Waals surface area (Å²) in [7, 11) is 0. The third kappa shape index (κ3) is 3.73. The lowest BCUT2D eigenvalue weighted by Gasteiger charge is -2.33. The summed E-state index contributed by atoms with van der Waals surface area (Å²) < 4.78 is 20.0. The van der Waals surface area contributed by atoms with E-state index in [9.17, 15) is 4.39 Å². The standard InChI is InChI=1S/C19H22FNO/c1-15-6-5-9-17(19(15)20)12-18-14-21(10-11-22-18)13-16-7-3-2-4-8-16/h2-9,18H,10-14H2,1H3. The number of rotatable bonds is 4. The fourth-order valence-electron chi connectivity index (χ4n) is 3.00. The van der Waals surface area contributed by atoms with Crippen molar-refractivity contribution in [1.82, 2.24) is 4.90 Å². The summed E-state index contributed by atoms with van der Waals surface area (Å²) in [4.78, 5) is 2.39. The highest BCUT2D eigenvalue weighted by Gasteiger charge is 2.22. The van der Waals surface area contributed by atoms with Crippen molar-refractivity contribution in [3.63, 3.8) is 0 Å². The highest BCUT2D eigenvalue weighted by atomic mass is 19.1. The number of halogens is 1. The van der Waals surface area contributed by atoms with Gasteiger partial charge in [-0.05, 0) is 23.6 Å². The Morgan fingerprint density at radius 3 is 2.77 bits per heavy atom. The molecule has 0 bridgehead atoms. The Hall–Kier alpha value is -1.71. The maximum Gasteiger partial charge on any atom is 0.129 e. The molecule has 1 atom stereocenters. The smallest absolute Gasteiger partial charge is 0.129 e. The maximum atomic E-state index is 14.1. The van der Waals surface area contributed by atoms with E-state index in [4.69, 9.17) is 4.74 Å². The molecule has 0 spiro atoms. The van der Waals surface area contributed by atoms with Crippen molar-refractivity contribution < 1.29 is 9.13 Å². The van der Waals surface area contributed by atoms with Gasteiger partial charge in [0.05, 0.1) is 12.7 Å². The Kier molecular flexibility index (Phi) is 4.86. The lowest BCUT2D eigenvalue weighted by atomic mass is 10.0. The molecule has 3 heteroatoms. The predicted molar refractivity (Wildman–Crippen MR) is 86.3 cm³/mol. The van der Waals surface area contributed by atoms with E-state index in [-0.39, 0.29) is 11.9 Å². The van der Waals surface area contributed by atoms with Gasteiger partial charge in [0.15, 0.2) is 0 Å².